The number of hydrogen-bond acceptors (Lipinski definition) is 2. The zero-order valence-corrected chi connectivity index (χ0v) is 8.59. The van der Waals surface area contributed by atoms with Gasteiger partial charge >= 0.3 is 0 Å². The first-order chi connectivity index (χ1) is 5.65. The van der Waals surface area contributed by atoms with Crippen molar-refractivity contribution in [1.29, 1.82) is 0 Å². The predicted molar refractivity (Wildman–Crippen MR) is 53.0 cm³/mol. The lowest BCUT2D eigenvalue weighted by molar-refractivity contribution is 0.244. The summed E-state index contributed by atoms with van der Waals surface area (Å²) in [5.41, 5.74) is 5.63. The Morgan fingerprint density at radius 1 is 1.42 bits per heavy atom. The van der Waals surface area contributed by atoms with Gasteiger partial charge in [0, 0.05) is 19.1 Å². The van der Waals surface area contributed by atoms with E-state index in [4.69, 9.17) is 5.73 Å². The van der Waals surface area contributed by atoms with Gasteiger partial charge in [-0.1, -0.05) is 13.8 Å². The monoisotopic (exact) mass is 170 g/mol. The van der Waals surface area contributed by atoms with Crippen LogP contribution in [0.4, 0.5) is 0 Å². The first-order valence-corrected chi connectivity index (χ1v) is 5.09. The zero-order valence-electron chi connectivity index (χ0n) is 8.59. The SMILES string of the molecule is CC(C)C1CCN(C(C)CN)C1. The quantitative estimate of drug-likeness (QED) is 0.692. The number of hydrogen-bond donors (Lipinski definition) is 1. The number of nitrogens with zero attached hydrogens (tertiary/aromatic N) is 1. The van der Waals surface area contributed by atoms with Gasteiger partial charge in [0.1, 0.15) is 0 Å². The van der Waals surface area contributed by atoms with E-state index < -0.39 is 0 Å². The summed E-state index contributed by atoms with van der Waals surface area (Å²) in [6, 6.07) is 0.578. The second kappa shape index (κ2) is 4.24. The summed E-state index contributed by atoms with van der Waals surface area (Å²) in [5.74, 6) is 1.74. The molecule has 0 aromatic carbocycles. The van der Waals surface area contributed by atoms with E-state index in [-0.39, 0.29) is 0 Å². The van der Waals surface area contributed by atoms with E-state index in [1.807, 2.05) is 0 Å². The Balaban J connectivity index is 2.35. The van der Waals surface area contributed by atoms with Crippen LogP contribution in [0.3, 0.4) is 0 Å². The van der Waals surface area contributed by atoms with Gasteiger partial charge in [-0.3, -0.25) is 4.90 Å². The Morgan fingerprint density at radius 3 is 2.50 bits per heavy atom. The highest BCUT2D eigenvalue weighted by Gasteiger charge is 2.26. The maximum Gasteiger partial charge on any atom is 0.0190 e. The molecule has 1 saturated heterocycles. The van der Waals surface area contributed by atoms with E-state index in [1.54, 1.807) is 0 Å². The molecule has 72 valence electrons. The van der Waals surface area contributed by atoms with Crippen molar-refractivity contribution in [2.75, 3.05) is 19.6 Å². The van der Waals surface area contributed by atoms with E-state index in [2.05, 4.69) is 25.7 Å². The Kier molecular flexibility index (Phi) is 3.53. The van der Waals surface area contributed by atoms with E-state index in [9.17, 15) is 0 Å². The van der Waals surface area contributed by atoms with Crippen molar-refractivity contribution in [3.05, 3.63) is 0 Å². The van der Waals surface area contributed by atoms with Crippen LogP contribution < -0.4 is 5.73 Å². The predicted octanol–water partition coefficient (Wildman–Crippen LogP) is 1.31. The van der Waals surface area contributed by atoms with Crippen LogP contribution in [0, 0.1) is 11.8 Å². The van der Waals surface area contributed by atoms with Gasteiger partial charge in [0.15, 0.2) is 0 Å². The lowest BCUT2D eigenvalue weighted by Crippen LogP contribution is -2.36. The minimum Gasteiger partial charge on any atom is -0.329 e. The highest BCUT2D eigenvalue weighted by atomic mass is 15.2. The summed E-state index contributed by atoms with van der Waals surface area (Å²) in [6.07, 6.45) is 1.36. The van der Waals surface area contributed by atoms with Gasteiger partial charge < -0.3 is 5.73 Å². The molecular weight excluding hydrogens is 148 g/mol. The third kappa shape index (κ3) is 2.20. The van der Waals surface area contributed by atoms with Crippen LogP contribution >= 0.6 is 0 Å². The third-order valence-corrected chi connectivity index (χ3v) is 3.16. The fourth-order valence-corrected chi connectivity index (χ4v) is 1.91. The maximum absolute atomic E-state index is 5.63. The zero-order chi connectivity index (χ0) is 9.14. The molecule has 1 heterocycles. The molecule has 0 spiro atoms. The lowest BCUT2D eigenvalue weighted by atomic mass is 9.95. The Labute approximate surface area is 76.1 Å². The molecule has 0 amide bonds. The minimum atomic E-state index is 0.578. The highest BCUT2D eigenvalue weighted by molar-refractivity contribution is 4.81. The Morgan fingerprint density at radius 2 is 2.08 bits per heavy atom. The average Bonchev–Trinajstić information content (AvgIpc) is 2.51. The van der Waals surface area contributed by atoms with E-state index in [0.29, 0.717) is 6.04 Å². The molecule has 2 heteroatoms. The third-order valence-electron chi connectivity index (χ3n) is 3.16. The highest BCUT2D eigenvalue weighted by Crippen LogP contribution is 2.24. The van der Waals surface area contributed by atoms with Crippen LogP contribution in [0.15, 0.2) is 0 Å². The largest absolute Gasteiger partial charge is 0.329 e. The van der Waals surface area contributed by atoms with Crippen molar-refractivity contribution in [2.45, 2.75) is 33.2 Å². The molecule has 12 heavy (non-hydrogen) atoms. The number of likely N-dealkylation sites (tertiary alicyclic amines) is 1. The summed E-state index contributed by atoms with van der Waals surface area (Å²) in [5, 5.41) is 0. The molecule has 1 rings (SSSR count). The van der Waals surface area contributed by atoms with Crippen LogP contribution in [0.25, 0.3) is 0 Å². The van der Waals surface area contributed by atoms with Gasteiger partial charge in [-0.2, -0.15) is 0 Å². The number of rotatable bonds is 3. The molecular formula is C10H22N2. The molecule has 1 fully saturated rings. The molecule has 2 N–H and O–H groups in total. The normalized spacial score (nSPS) is 28.2. The molecule has 0 aliphatic carbocycles. The van der Waals surface area contributed by atoms with Gasteiger partial charge in [0.05, 0.1) is 0 Å². The summed E-state index contributed by atoms with van der Waals surface area (Å²) >= 11 is 0. The van der Waals surface area contributed by atoms with Crippen LogP contribution in [-0.4, -0.2) is 30.6 Å². The van der Waals surface area contributed by atoms with Crippen molar-refractivity contribution in [3.8, 4) is 0 Å². The van der Waals surface area contributed by atoms with Crippen molar-refractivity contribution < 1.29 is 0 Å². The smallest absolute Gasteiger partial charge is 0.0190 e. The van der Waals surface area contributed by atoms with Gasteiger partial charge in [-0.25, -0.2) is 0 Å². The molecule has 0 radical (unpaired) electrons. The minimum absolute atomic E-state index is 0.578. The molecule has 2 unspecified atom stereocenters. The lowest BCUT2D eigenvalue weighted by Gasteiger charge is -2.23. The molecule has 0 aromatic heterocycles. The molecule has 0 bridgehead atoms. The van der Waals surface area contributed by atoms with Crippen molar-refractivity contribution in [2.24, 2.45) is 17.6 Å². The van der Waals surface area contributed by atoms with Gasteiger partial charge in [-0.05, 0) is 31.7 Å². The van der Waals surface area contributed by atoms with E-state index >= 15 is 0 Å². The first kappa shape index (κ1) is 10.0. The van der Waals surface area contributed by atoms with E-state index in [1.165, 1.54) is 19.5 Å². The first-order valence-electron chi connectivity index (χ1n) is 5.09. The second-order valence-electron chi connectivity index (χ2n) is 4.37. The second-order valence-corrected chi connectivity index (χ2v) is 4.37. The van der Waals surface area contributed by atoms with E-state index in [0.717, 1.165) is 18.4 Å². The maximum atomic E-state index is 5.63. The van der Waals surface area contributed by atoms with Gasteiger partial charge in [0.25, 0.3) is 0 Å². The average molecular weight is 170 g/mol. The van der Waals surface area contributed by atoms with Gasteiger partial charge in [0.2, 0.25) is 0 Å². The fraction of sp³-hybridized carbons (Fsp3) is 1.00. The molecule has 1 aliphatic rings. The standard InChI is InChI=1S/C10H22N2/c1-8(2)10-4-5-12(7-10)9(3)6-11/h8-10H,4-7,11H2,1-3H3. The van der Waals surface area contributed by atoms with Crippen LogP contribution in [-0.2, 0) is 0 Å². The van der Waals surface area contributed by atoms with Crippen LogP contribution in [0.2, 0.25) is 0 Å². The van der Waals surface area contributed by atoms with Crippen LogP contribution in [0.5, 0.6) is 0 Å². The van der Waals surface area contributed by atoms with Crippen LogP contribution in [0.1, 0.15) is 27.2 Å². The fourth-order valence-electron chi connectivity index (χ4n) is 1.91. The topological polar surface area (TPSA) is 29.3 Å². The Hall–Kier alpha value is -0.0800. The summed E-state index contributed by atoms with van der Waals surface area (Å²) in [4.78, 5) is 2.52. The molecule has 0 saturated carbocycles. The van der Waals surface area contributed by atoms with Crippen molar-refractivity contribution in [3.63, 3.8) is 0 Å². The molecule has 2 nitrogen and oxygen atoms in total. The summed E-state index contributed by atoms with van der Waals surface area (Å²) in [7, 11) is 0. The summed E-state index contributed by atoms with van der Waals surface area (Å²) < 4.78 is 0. The van der Waals surface area contributed by atoms with Gasteiger partial charge in [-0.15, -0.1) is 0 Å². The molecule has 2 atom stereocenters. The molecule has 0 aromatic rings. The van der Waals surface area contributed by atoms with Crippen molar-refractivity contribution >= 4 is 0 Å². The number of nitrogens with two attached hydrogens (primary N) is 1. The summed E-state index contributed by atoms with van der Waals surface area (Å²) in [6.45, 7) is 10.2. The van der Waals surface area contributed by atoms with Crippen molar-refractivity contribution in [1.82, 2.24) is 4.90 Å². The molecule has 1 aliphatic heterocycles. The Bertz CT molecular complexity index is 134.